The van der Waals surface area contributed by atoms with Gasteiger partial charge in [-0.25, -0.2) is 0 Å². The van der Waals surface area contributed by atoms with Crippen molar-refractivity contribution in [2.75, 3.05) is 0 Å². The molecule has 0 aliphatic carbocycles. The van der Waals surface area contributed by atoms with E-state index in [1.54, 1.807) is 0 Å². The van der Waals surface area contributed by atoms with Crippen molar-refractivity contribution in [3.63, 3.8) is 0 Å². The van der Waals surface area contributed by atoms with Crippen molar-refractivity contribution in [2.45, 2.75) is 194 Å². The van der Waals surface area contributed by atoms with Gasteiger partial charge in [-0.3, -0.25) is 0 Å². The molecule has 1 radical (unpaired) electrons. The first-order valence-electron chi connectivity index (χ1n) is 17.2. The number of unbranched alkanes of at least 4 members (excludes halogenated alkanes) is 22. The maximum absolute atomic E-state index is 10.2. The zero-order chi connectivity index (χ0) is 29.8. The summed E-state index contributed by atoms with van der Waals surface area (Å²) in [5.41, 5.74) is 0. The van der Waals surface area contributed by atoms with Gasteiger partial charge in [0.15, 0.2) is 0 Å². The standard InChI is InChI=1S/2C18H34O2.Cu/c2*1-2-3-4-5-6-7-8-9-10-11-12-13-14-15-16-17-18(19)20;/h2*7-8H,2-6,9-17H2,1H3,(H,19,20);/q;;+2/p-2/b2*8-7-;. The van der Waals surface area contributed by atoms with Gasteiger partial charge in [0.1, 0.15) is 0 Å². The van der Waals surface area contributed by atoms with E-state index in [1.807, 2.05) is 0 Å². The van der Waals surface area contributed by atoms with E-state index < -0.39 is 11.9 Å². The topological polar surface area (TPSA) is 80.3 Å². The zero-order valence-corrected chi connectivity index (χ0v) is 28.0. The normalized spacial score (nSPS) is 11.0. The summed E-state index contributed by atoms with van der Waals surface area (Å²) in [6.45, 7) is 4.50. The number of allylic oxidation sites excluding steroid dienone is 4. The molecule has 0 unspecified atom stereocenters. The molecule has 0 fully saturated rings. The molecule has 0 atom stereocenters. The minimum Gasteiger partial charge on any atom is -0.550 e. The Morgan fingerprint density at radius 2 is 0.610 bits per heavy atom. The Kier molecular flexibility index (Phi) is 44.5. The second-order valence-corrected chi connectivity index (χ2v) is 11.4. The van der Waals surface area contributed by atoms with Crippen LogP contribution in [0.5, 0.6) is 0 Å². The number of carboxylic acid groups (broad SMARTS) is 2. The number of hydrogen-bond donors (Lipinski definition) is 0. The number of carbonyl (C=O) groups excluding carboxylic acids is 2. The van der Waals surface area contributed by atoms with Crippen molar-refractivity contribution in [3.05, 3.63) is 24.3 Å². The largest absolute Gasteiger partial charge is 2.00 e. The van der Waals surface area contributed by atoms with Gasteiger partial charge in [-0.15, -0.1) is 0 Å². The van der Waals surface area contributed by atoms with E-state index >= 15 is 0 Å². The van der Waals surface area contributed by atoms with E-state index in [0.717, 1.165) is 25.7 Å². The molecule has 0 aliphatic rings. The number of hydrogen-bond acceptors (Lipinski definition) is 4. The molecule has 0 aromatic carbocycles. The molecule has 0 heterocycles. The zero-order valence-electron chi connectivity index (χ0n) is 27.0. The second-order valence-electron chi connectivity index (χ2n) is 11.4. The molecule has 0 rings (SSSR count). The van der Waals surface area contributed by atoms with Gasteiger partial charge in [-0.2, -0.15) is 0 Å². The first kappa shape index (κ1) is 44.4. The van der Waals surface area contributed by atoms with Gasteiger partial charge in [0, 0.05) is 11.9 Å². The van der Waals surface area contributed by atoms with Crippen LogP contribution in [0.3, 0.4) is 0 Å². The molecule has 0 saturated carbocycles. The average Bonchev–Trinajstić information content (AvgIpc) is 2.93. The minimum absolute atomic E-state index is 0. The fourth-order valence-corrected chi connectivity index (χ4v) is 4.68. The van der Waals surface area contributed by atoms with Gasteiger partial charge in [-0.05, 0) is 77.0 Å². The Bertz CT molecular complexity index is 524. The van der Waals surface area contributed by atoms with Crippen LogP contribution in [-0.2, 0) is 26.7 Å². The first-order chi connectivity index (χ1) is 19.5. The fraction of sp³-hybridized carbons (Fsp3) is 0.833. The van der Waals surface area contributed by atoms with Gasteiger partial charge in [0.2, 0.25) is 0 Å². The maximum atomic E-state index is 10.2. The van der Waals surface area contributed by atoms with E-state index in [1.165, 1.54) is 141 Å². The third kappa shape index (κ3) is 49.0. The molecule has 0 aromatic rings. The molecule has 245 valence electrons. The Balaban J connectivity index is -0.000000688. The predicted molar refractivity (Wildman–Crippen MR) is 169 cm³/mol. The summed E-state index contributed by atoms with van der Waals surface area (Å²) in [7, 11) is 0. The number of aliphatic carboxylic acids is 2. The molecular weight excluding hydrogens is 560 g/mol. The van der Waals surface area contributed by atoms with Crippen molar-refractivity contribution < 1.29 is 36.9 Å². The molecular formula is C36H66CuO4. The summed E-state index contributed by atoms with van der Waals surface area (Å²) in [6.07, 6.45) is 41.8. The summed E-state index contributed by atoms with van der Waals surface area (Å²) < 4.78 is 0. The maximum Gasteiger partial charge on any atom is 2.00 e. The van der Waals surface area contributed by atoms with Crippen LogP contribution in [0, 0.1) is 0 Å². The third-order valence-electron chi connectivity index (χ3n) is 7.29. The molecule has 41 heavy (non-hydrogen) atoms. The van der Waals surface area contributed by atoms with Crippen LogP contribution in [-0.4, -0.2) is 11.9 Å². The van der Waals surface area contributed by atoms with E-state index in [4.69, 9.17) is 0 Å². The Hall–Kier alpha value is -1.06. The van der Waals surface area contributed by atoms with Gasteiger partial charge in [0.25, 0.3) is 0 Å². The molecule has 0 spiro atoms. The van der Waals surface area contributed by atoms with Crippen molar-refractivity contribution in [1.82, 2.24) is 0 Å². The van der Waals surface area contributed by atoms with Crippen molar-refractivity contribution in [1.29, 1.82) is 0 Å². The molecule has 5 heteroatoms. The Morgan fingerprint density at radius 1 is 0.390 bits per heavy atom. The summed E-state index contributed by atoms with van der Waals surface area (Å²) in [5.74, 6) is -1.82. The fourth-order valence-electron chi connectivity index (χ4n) is 4.68. The molecule has 0 amide bonds. The van der Waals surface area contributed by atoms with E-state index in [-0.39, 0.29) is 29.9 Å². The summed E-state index contributed by atoms with van der Waals surface area (Å²) >= 11 is 0. The molecule has 0 aromatic heterocycles. The second kappa shape index (κ2) is 41.1. The third-order valence-corrected chi connectivity index (χ3v) is 7.29. The van der Waals surface area contributed by atoms with Crippen LogP contribution in [0.2, 0.25) is 0 Å². The average molecular weight is 626 g/mol. The summed E-state index contributed by atoms with van der Waals surface area (Å²) in [4.78, 5) is 20.4. The SMILES string of the molecule is CCCCCC/C=C\CCCCCCCCCC(=O)[O-].CCCCCC/C=C\CCCCCCCCCC(=O)[O-].[Cu+2]. The summed E-state index contributed by atoms with van der Waals surface area (Å²) in [6, 6.07) is 0. The van der Waals surface area contributed by atoms with E-state index in [2.05, 4.69) is 38.2 Å². The monoisotopic (exact) mass is 625 g/mol. The van der Waals surface area contributed by atoms with Crippen LogP contribution < -0.4 is 10.2 Å². The molecule has 0 saturated heterocycles. The van der Waals surface area contributed by atoms with Crippen LogP contribution >= 0.6 is 0 Å². The van der Waals surface area contributed by atoms with Crippen LogP contribution in [0.4, 0.5) is 0 Å². The number of rotatable bonds is 30. The predicted octanol–water partition coefficient (Wildman–Crippen LogP) is 9.55. The van der Waals surface area contributed by atoms with Crippen molar-refractivity contribution >= 4 is 11.9 Å². The van der Waals surface area contributed by atoms with Gasteiger partial charge >= 0.3 is 17.1 Å². The quantitative estimate of drug-likeness (QED) is 0.0452. The number of carboxylic acids is 2. The van der Waals surface area contributed by atoms with Crippen LogP contribution in [0.15, 0.2) is 24.3 Å². The summed E-state index contributed by atoms with van der Waals surface area (Å²) in [5, 5.41) is 20.4. The van der Waals surface area contributed by atoms with Crippen molar-refractivity contribution in [3.8, 4) is 0 Å². The van der Waals surface area contributed by atoms with E-state index in [9.17, 15) is 19.8 Å². The smallest absolute Gasteiger partial charge is 0.550 e. The number of carbonyl (C=O) groups is 2. The molecule has 4 nitrogen and oxygen atoms in total. The Morgan fingerprint density at radius 3 is 0.854 bits per heavy atom. The Labute approximate surface area is 266 Å². The molecule has 0 bridgehead atoms. The van der Waals surface area contributed by atoms with Crippen molar-refractivity contribution in [2.24, 2.45) is 0 Å². The van der Waals surface area contributed by atoms with Crippen LogP contribution in [0.25, 0.3) is 0 Å². The van der Waals surface area contributed by atoms with Gasteiger partial charge in [0.05, 0.1) is 0 Å². The molecule has 0 N–H and O–H groups in total. The van der Waals surface area contributed by atoms with E-state index in [0.29, 0.717) is 0 Å². The van der Waals surface area contributed by atoms with Crippen LogP contribution in [0.1, 0.15) is 194 Å². The van der Waals surface area contributed by atoms with Gasteiger partial charge < -0.3 is 19.8 Å². The first-order valence-corrected chi connectivity index (χ1v) is 17.2. The minimum atomic E-state index is -0.911. The molecule has 0 aliphatic heterocycles. The van der Waals surface area contributed by atoms with Gasteiger partial charge in [-0.1, -0.05) is 141 Å².